The smallest absolute Gasteiger partial charge is 0.243 e. The fourth-order valence-electron chi connectivity index (χ4n) is 2.74. The SMILES string of the molecule is O=C(CNc1ccc(F)cc1)c1ccc(S(=O)(=O)N2CCCC2)cc1. The van der Waals surface area contributed by atoms with E-state index in [1.807, 2.05) is 0 Å². The predicted molar refractivity (Wildman–Crippen MR) is 93.7 cm³/mol. The maximum absolute atomic E-state index is 12.8. The van der Waals surface area contributed by atoms with Gasteiger partial charge in [-0.25, -0.2) is 12.8 Å². The van der Waals surface area contributed by atoms with Crippen molar-refractivity contribution in [3.05, 3.63) is 59.9 Å². The summed E-state index contributed by atoms with van der Waals surface area (Å²) < 4.78 is 39.2. The minimum Gasteiger partial charge on any atom is -0.378 e. The lowest BCUT2D eigenvalue weighted by molar-refractivity contribution is 0.101. The average Bonchev–Trinajstić information content (AvgIpc) is 3.16. The van der Waals surface area contributed by atoms with Crippen LogP contribution >= 0.6 is 0 Å². The summed E-state index contributed by atoms with van der Waals surface area (Å²) in [5.41, 5.74) is 1.07. The third kappa shape index (κ3) is 4.05. The fourth-order valence-corrected chi connectivity index (χ4v) is 4.26. The fraction of sp³-hybridized carbons (Fsp3) is 0.278. The summed E-state index contributed by atoms with van der Waals surface area (Å²) in [4.78, 5) is 12.4. The first kappa shape index (κ1) is 17.6. The maximum atomic E-state index is 12.8. The highest BCUT2D eigenvalue weighted by Crippen LogP contribution is 2.21. The molecule has 25 heavy (non-hydrogen) atoms. The van der Waals surface area contributed by atoms with Crippen LogP contribution in [-0.4, -0.2) is 38.1 Å². The number of rotatable bonds is 6. The number of anilines is 1. The molecule has 0 unspecified atom stereocenters. The molecule has 0 saturated carbocycles. The van der Waals surface area contributed by atoms with E-state index in [4.69, 9.17) is 0 Å². The molecule has 5 nitrogen and oxygen atoms in total. The van der Waals surface area contributed by atoms with Crippen LogP contribution in [0.4, 0.5) is 10.1 Å². The first-order chi connectivity index (χ1) is 12.0. The molecule has 0 radical (unpaired) electrons. The first-order valence-electron chi connectivity index (χ1n) is 8.10. The summed E-state index contributed by atoms with van der Waals surface area (Å²) in [5.74, 6) is -0.513. The number of ketones is 1. The highest BCUT2D eigenvalue weighted by atomic mass is 32.2. The molecule has 1 saturated heterocycles. The molecule has 1 aliphatic rings. The normalized spacial score (nSPS) is 15.2. The number of nitrogens with zero attached hydrogens (tertiary/aromatic N) is 1. The number of carbonyl (C=O) groups excluding carboxylic acids is 1. The monoisotopic (exact) mass is 362 g/mol. The Hall–Kier alpha value is -2.25. The van der Waals surface area contributed by atoms with Gasteiger partial charge in [-0.05, 0) is 61.4 Å². The largest absolute Gasteiger partial charge is 0.378 e. The van der Waals surface area contributed by atoms with E-state index in [0.29, 0.717) is 24.3 Å². The van der Waals surface area contributed by atoms with Gasteiger partial charge < -0.3 is 5.32 Å². The average molecular weight is 362 g/mol. The summed E-state index contributed by atoms with van der Waals surface area (Å²) >= 11 is 0. The van der Waals surface area contributed by atoms with E-state index in [0.717, 1.165) is 12.8 Å². The van der Waals surface area contributed by atoms with Crippen LogP contribution in [0.5, 0.6) is 0 Å². The Bertz CT molecular complexity index is 843. The highest BCUT2D eigenvalue weighted by molar-refractivity contribution is 7.89. The minimum absolute atomic E-state index is 0.0455. The van der Waals surface area contributed by atoms with Crippen LogP contribution < -0.4 is 5.32 Å². The van der Waals surface area contributed by atoms with Crippen molar-refractivity contribution in [2.75, 3.05) is 25.0 Å². The quantitative estimate of drug-likeness (QED) is 0.803. The van der Waals surface area contributed by atoms with Gasteiger partial charge >= 0.3 is 0 Å². The Morgan fingerprint density at radius 3 is 2.20 bits per heavy atom. The van der Waals surface area contributed by atoms with Crippen molar-refractivity contribution in [1.82, 2.24) is 4.31 Å². The van der Waals surface area contributed by atoms with Crippen LogP contribution in [-0.2, 0) is 10.0 Å². The van der Waals surface area contributed by atoms with Gasteiger partial charge in [-0.15, -0.1) is 0 Å². The third-order valence-corrected chi connectivity index (χ3v) is 6.09. The van der Waals surface area contributed by atoms with Crippen molar-refractivity contribution < 1.29 is 17.6 Å². The molecule has 0 aromatic heterocycles. The molecule has 0 aliphatic carbocycles. The third-order valence-electron chi connectivity index (χ3n) is 4.18. The van der Waals surface area contributed by atoms with E-state index in [1.165, 1.54) is 40.7 Å². The van der Waals surface area contributed by atoms with Crippen LogP contribution in [0.2, 0.25) is 0 Å². The number of carbonyl (C=O) groups is 1. The van der Waals surface area contributed by atoms with Crippen LogP contribution in [0.15, 0.2) is 53.4 Å². The van der Waals surface area contributed by atoms with Gasteiger partial charge in [0.05, 0.1) is 11.4 Å². The summed E-state index contributed by atoms with van der Waals surface area (Å²) in [6.45, 7) is 1.14. The van der Waals surface area contributed by atoms with E-state index < -0.39 is 10.0 Å². The van der Waals surface area contributed by atoms with E-state index in [2.05, 4.69) is 5.32 Å². The molecule has 7 heteroatoms. The summed E-state index contributed by atoms with van der Waals surface area (Å²) in [7, 11) is -3.47. The second kappa shape index (κ2) is 7.33. The first-order valence-corrected chi connectivity index (χ1v) is 9.54. The van der Waals surface area contributed by atoms with Gasteiger partial charge in [0.25, 0.3) is 0 Å². The second-order valence-corrected chi connectivity index (χ2v) is 7.86. The van der Waals surface area contributed by atoms with Gasteiger partial charge in [-0.2, -0.15) is 4.31 Å². The van der Waals surface area contributed by atoms with Gasteiger partial charge in [0.2, 0.25) is 10.0 Å². The van der Waals surface area contributed by atoms with Crippen molar-refractivity contribution in [2.24, 2.45) is 0 Å². The van der Waals surface area contributed by atoms with Gasteiger partial charge in [0, 0.05) is 24.3 Å². The van der Waals surface area contributed by atoms with Crippen molar-refractivity contribution >= 4 is 21.5 Å². The van der Waals surface area contributed by atoms with Crippen LogP contribution in [0.3, 0.4) is 0 Å². The Morgan fingerprint density at radius 2 is 1.60 bits per heavy atom. The number of Topliss-reactive ketones (excluding diaryl/α,β-unsaturated/α-hetero) is 1. The molecule has 0 bridgehead atoms. The standard InChI is InChI=1S/C18H19FN2O3S/c19-15-5-7-16(8-6-15)20-13-18(22)14-3-9-17(10-4-14)25(23,24)21-11-1-2-12-21/h3-10,20H,1-2,11-13H2. The molecule has 0 atom stereocenters. The molecule has 132 valence electrons. The lowest BCUT2D eigenvalue weighted by atomic mass is 10.1. The molecule has 1 fully saturated rings. The van der Waals surface area contributed by atoms with Crippen LogP contribution in [0, 0.1) is 5.82 Å². The molecular formula is C18H19FN2O3S. The molecule has 0 spiro atoms. The van der Waals surface area contributed by atoms with Crippen LogP contribution in [0.1, 0.15) is 23.2 Å². The van der Waals surface area contributed by atoms with Gasteiger partial charge in [0.1, 0.15) is 5.82 Å². The highest BCUT2D eigenvalue weighted by Gasteiger charge is 2.27. The Kier molecular flexibility index (Phi) is 5.15. The van der Waals surface area contributed by atoms with Crippen molar-refractivity contribution in [2.45, 2.75) is 17.7 Å². The van der Waals surface area contributed by atoms with Crippen molar-refractivity contribution in [3.8, 4) is 0 Å². The Morgan fingerprint density at radius 1 is 1.00 bits per heavy atom. The number of hydrogen-bond donors (Lipinski definition) is 1. The number of hydrogen-bond acceptors (Lipinski definition) is 4. The summed E-state index contributed by atoms with van der Waals surface area (Å²) in [5, 5.41) is 2.92. The lowest BCUT2D eigenvalue weighted by Gasteiger charge is -2.15. The number of benzene rings is 2. The van der Waals surface area contributed by atoms with Crippen molar-refractivity contribution in [1.29, 1.82) is 0 Å². The second-order valence-electron chi connectivity index (χ2n) is 5.92. The number of halogens is 1. The molecule has 1 heterocycles. The predicted octanol–water partition coefficient (Wildman–Crippen LogP) is 2.91. The van der Waals surface area contributed by atoms with Gasteiger partial charge in [-0.1, -0.05) is 0 Å². The molecule has 3 rings (SSSR count). The molecule has 2 aromatic rings. The van der Waals surface area contributed by atoms with E-state index >= 15 is 0 Å². The maximum Gasteiger partial charge on any atom is 0.243 e. The zero-order valence-electron chi connectivity index (χ0n) is 13.6. The van der Waals surface area contributed by atoms with Crippen molar-refractivity contribution in [3.63, 3.8) is 0 Å². The van der Waals surface area contributed by atoms with Crippen LogP contribution in [0.25, 0.3) is 0 Å². The molecule has 1 aliphatic heterocycles. The molecule has 0 amide bonds. The number of nitrogens with one attached hydrogen (secondary N) is 1. The molecule has 1 N–H and O–H groups in total. The Labute approximate surface area is 146 Å². The Balaban J connectivity index is 1.65. The van der Waals surface area contributed by atoms with Gasteiger partial charge in [-0.3, -0.25) is 4.79 Å². The molecular weight excluding hydrogens is 343 g/mol. The van der Waals surface area contributed by atoms with E-state index in [9.17, 15) is 17.6 Å². The summed E-state index contributed by atoms with van der Waals surface area (Å²) in [6, 6.07) is 11.7. The zero-order valence-corrected chi connectivity index (χ0v) is 14.4. The summed E-state index contributed by atoms with van der Waals surface area (Å²) in [6.07, 6.45) is 1.76. The van der Waals surface area contributed by atoms with Gasteiger partial charge in [0.15, 0.2) is 5.78 Å². The topological polar surface area (TPSA) is 66.5 Å². The van der Waals surface area contributed by atoms with E-state index in [-0.39, 0.29) is 23.0 Å². The lowest BCUT2D eigenvalue weighted by Crippen LogP contribution is -2.27. The zero-order chi connectivity index (χ0) is 17.9. The molecule has 2 aromatic carbocycles. The van der Waals surface area contributed by atoms with E-state index in [1.54, 1.807) is 12.1 Å². The number of sulfonamides is 1. The minimum atomic E-state index is -3.47.